The van der Waals surface area contributed by atoms with Crippen LogP contribution in [-0.4, -0.2) is 37.0 Å². The van der Waals surface area contributed by atoms with Gasteiger partial charge in [0.05, 0.1) is 27.0 Å². The minimum Gasteiger partial charge on any atom is -0.493 e. The first-order valence-electron chi connectivity index (χ1n) is 8.89. The lowest BCUT2D eigenvalue weighted by molar-refractivity contribution is -0.117. The molecule has 1 amide bonds. The van der Waals surface area contributed by atoms with Gasteiger partial charge in [0.25, 0.3) is 5.56 Å². The number of anilines is 1. The number of ether oxygens (including phenoxy) is 3. The molecule has 0 radical (unpaired) electrons. The molecule has 0 fully saturated rings. The molecule has 156 valence electrons. The van der Waals surface area contributed by atoms with E-state index in [4.69, 9.17) is 14.2 Å². The van der Waals surface area contributed by atoms with Gasteiger partial charge in [-0.3, -0.25) is 9.59 Å². The maximum Gasteiger partial charge on any atom is 0.267 e. The second kappa shape index (κ2) is 9.45. The number of carbonyl (C=O) groups excluding carboxylic acids is 1. The molecule has 0 bridgehead atoms. The maximum absolute atomic E-state index is 12.6. The van der Waals surface area contributed by atoms with E-state index in [9.17, 15) is 9.59 Å². The number of methoxy groups -OCH3 is 3. The van der Waals surface area contributed by atoms with Gasteiger partial charge in [-0.05, 0) is 18.2 Å². The SMILES string of the molecule is COc1cc(NC(=O)Cn2nc(-c3ccc(Br)cc3)ccc2=O)cc(OC)c1OC. The van der Waals surface area contributed by atoms with E-state index in [0.29, 0.717) is 28.6 Å². The quantitative estimate of drug-likeness (QED) is 0.565. The molecule has 1 N–H and O–H groups in total. The van der Waals surface area contributed by atoms with Crippen LogP contribution in [0, 0.1) is 0 Å². The van der Waals surface area contributed by atoms with Crippen LogP contribution in [0.4, 0.5) is 5.69 Å². The molecule has 3 rings (SSSR count). The molecular weight excluding hydrogens is 454 g/mol. The summed E-state index contributed by atoms with van der Waals surface area (Å²) < 4.78 is 17.9. The van der Waals surface area contributed by atoms with E-state index in [-0.39, 0.29) is 12.1 Å². The van der Waals surface area contributed by atoms with Crippen molar-refractivity contribution < 1.29 is 19.0 Å². The summed E-state index contributed by atoms with van der Waals surface area (Å²) in [7, 11) is 4.47. The Labute approximate surface area is 181 Å². The third-order valence-corrected chi connectivity index (χ3v) is 4.78. The molecular formula is C21H20BrN3O5. The van der Waals surface area contributed by atoms with Crippen molar-refractivity contribution in [2.24, 2.45) is 0 Å². The highest BCUT2D eigenvalue weighted by Gasteiger charge is 2.15. The molecule has 0 atom stereocenters. The van der Waals surface area contributed by atoms with Crippen molar-refractivity contribution in [3.8, 4) is 28.5 Å². The Hall–Kier alpha value is -3.33. The van der Waals surface area contributed by atoms with Crippen molar-refractivity contribution in [2.45, 2.75) is 6.54 Å². The first-order chi connectivity index (χ1) is 14.4. The summed E-state index contributed by atoms with van der Waals surface area (Å²) in [6, 6.07) is 13.7. The Balaban J connectivity index is 1.82. The number of amides is 1. The smallest absolute Gasteiger partial charge is 0.267 e. The Morgan fingerprint density at radius 3 is 2.20 bits per heavy atom. The van der Waals surface area contributed by atoms with Gasteiger partial charge in [-0.15, -0.1) is 0 Å². The zero-order valence-corrected chi connectivity index (χ0v) is 18.2. The van der Waals surface area contributed by atoms with Gasteiger partial charge in [-0.25, -0.2) is 4.68 Å². The Morgan fingerprint density at radius 1 is 1.00 bits per heavy atom. The van der Waals surface area contributed by atoms with Crippen LogP contribution in [0.25, 0.3) is 11.3 Å². The third-order valence-electron chi connectivity index (χ3n) is 4.25. The van der Waals surface area contributed by atoms with Gasteiger partial charge < -0.3 is 19.5 Å². The molecule has 8 nitrogen and oxygen atoms in total. The van der Waals surface area contributed by atoms with Crippen molar-refractivity contribution >= 4 is 27.5 Å². The monoisotopic (exact) mass is 473 g/mol. The van der Waals surface area contributed by atoms with Gasteiger partial charge in [-0.2, -0.15) is 5.10 Å². The number of nitrogens with zero attached hydrogens (tertiary/aromatic N) is 2. The summed E-state index contributed by atoms with van der Waals surface area (Å²) in [5.41, 5.74) is 1.47. The largest absolute Gasteiger partial charge is 0.493 e. The fourth-order valence-corrected chi connectivity index (χ4v) is 3.09. The van der Waals surface area contributed by atoms with Crippen LogP contribution in [0.3, 0.4) is 0 Å². The zero-order chi connectivity index (χ0) is 21.7. The van der Waals surface area contributed by atoms with E-state index in [1.807, 2.05) is 24.3 Å². The molecule has 0 saturated heterocycles. The highest BCUT2D eigenvalue weighted by atomic mass is 79.9. The highest BCUT2D eigenvalue weighted by Crippen LogP contribution is 2.39. The van der Waals surface area contributed by atoms with E-state index < -0.39 is 5.91 Å². The fourth-order valence-electron chi connectivity index (χ4n) is 2.83. The number of hydrogen-bond donors (Lipinski definition) is 1. The van der Waals surface area contributed by atoms with E-state index in [2.05, 4.69) is 26.3 Å². The normalized spacial score (nSPS) is 10.4. The molecule has 0 aliphatic rings. The third kappa shape index (κ3) is 4.80. The number of carbonyl (C=O) groups is 1. The number of nitrogens with one attached hydrogen (secondary N) is 1. The average Bonchev–Trinajstić information content (AvgIpc) is 2.75. The van der Waals surface area contributed by atoms with Crippen LogP contribution in [0.1, 0.15) is 0 Å². The number of hydrogen-bond acceptors (Lipinski definition) is 6. The average molecular weight is 474 g/mol. The molecule has 0 aliphatic heterocycles. The van der Waals surface area contributed by atoms with E-state index >= 15 is 0 Å². The molecule has 2 aromatic carbocycles. The Morgan fingerprint density at radius 2 is 1.63 bits per heavy atom. The Bertz CT molecular complexity index is 1090. The molecule has 0 aliphatic carbocycles. The van der Waals surface area contributed by atoms with Crippen LogP contribution in [-0.2, 0) is 11.3 Å². The first kappa shape index (κ1) is 21.4. The summed E-state index contributed by atoms with van der Waals surface area (Å²) >= 11 is 3.38. The van der Waals surface area contributed by atoms with Crippen LogP contribution in [0.15, 0.2) is 57.8 Å². The van der Waals surface area contributed by atoms with Crippen LogP contribution >= 0.6 is 15.9 Å². The van der Waals surface area contributed by atoms with Crippen LogP contribution in [0.2, 0.25) is 0 Å². The number of rotatable bonds is 7. The lowest BCUT2D eigenvalue weighted by Gasteiger charge is -2.15. The lowest BCUT2D eigenvalue weighted by Crippen LogP contribution is -2.29. The van der Waals surface area contributed by atoms with Gasteiger partial charge in [0.2, 0.25) is 11.7 Å². The van der Waals surface area contributed by atoms with Crippen molar-refractivity contribution in [2.75, 3.05) is 26.6 Å². The summed E-state index contributed by atoms with van der Waals surface area (Å²) in [5, 5.41) is 7.03. The van der Waals surface area contributed by atoms with Crippen molar-refractivity contribution in [3.63, 3.8) is 0 Å². The van der Waals surface area contributed by atoms with E-state index in [1.165, 1.54) is 27.4 Å². The van der Waals surface area contributed by atoms with E-state index in [0.717, 1.165) is 14.7 Å². The molecule has 0 spiro atoms. The van der Waals surface area contributed by atoms with Gasteiger partial charge >= 0.3 is 0 Å². The Kier molecular flexibility index (Phi) is 6.73. The lowest BCUT2D eigenvalue weighted by atomic mass is 10.1. The van der Waals surface area contributed by atoms with Gasteiger partial charge in [0.15, 0.2) is 11.5 Å². The molecule has 3 aromatic rings. The van der Waals surface area contributed by atoms with Gasteiger partial charge in [0, 0.05) is 33.9 Å². The topological polar surface area (TPSA) is 91.7 Å². The van der Waals surface area contributed by atoms with Gasteiger partial charge in [0.1, 0.15) is 6.54 Å². The van der Waals surface area contributed by atoms with Crippen molar-refractivity contribution in [1.82, 2.24) is 9.78 Å². The van der Waals surface area contributed by atoms with Crippen molar-refractivity contribution in [3.05, 3.63) is 63.4 Å². The van der Waals surface area contributed by atoms with Gasteiger partial charge in [-0.1, -0.05) is 28.1 Å². The first-order valence-corrected chi connectivity index (χ1v) is 9.68. The molecule has 30 heavy (non-hydrogen) atoms. The summed E-state index contributed by atoms with van der Waals surface area (Å²) in [5.74, 6) is 0.796. The minimum atomic E-state index is -0.424. The number of aromatic nitrogens is 2. The summed E-state index contributed by atoms with van der Waals surface area (Å²) in [6.07, 6.45) is 0. The molecule has 9 heteroatoms. The second-order valence-electron chi connectivity index (χ2n) is 6.18. The van der Waals surface area contributed by atoms with Crippen LogP contribution in [0.5, 0.6) is 17.2 Å². The second-order valence-corrected chi connectivity index (χ2v) is 7.10. The molecule has 0 saturated carbocycles. The standard InChI is InChI=1S/C21H20BrN3O5/c1-28-17-10-15(11-18(29-2)21(17)30-3)23-19(26)12-25-20(27)9-8-16(24-25)13-4-6-14(22)7-5-13/h4-11H,12H2,1-3H3,(H,23,26). The highest BCUT2D eigenvalue weighted by molar-refractivity contribution is 9.10. The molecule has 1 aromatic heterocycles. The predicted octanol–water partition coefficient (Wildman–Crippen LogP) is 3.34. The predicted molar refractivity (Wildman–Crippen MR) is 116 cm³/mol. The summed E-state index contributed by atoms with van der Waals surface area (Å²) in [6.45, 7) is -0.250. The maximum atomic E-state index is 12.6. The summed E-state index contributed by atoms with van der Waals surface area (Å²) in [4.78, 5) is 24.7. The zero-order valence-electron chi connectivity index (χ0n) is 16.6. The van der Waals surface area contributed by atoms with Crippen LogP contribution < -0.4 is 25.1 Å². The number of halogens is 1. The molecule has 1 heterocycles. The number of benzene rings is 2. The molecule has 0 unspecified atom stereocenters. The minimum absolute atomic E-state index is 0.250. The fraction of sp³-hybridized carbons (Fsp3) is 0.190. The van der Waals surface area contributed by atoms with E-state index in [1.54, 1.807) is 18.2 Å². The van der Waals surface area contributed by atoms with Crippen molar-refractivity contribution in [1.29, 1.82) is 0 Å².